The van der Waals surface area contributed by atoms with Gasteiger partial charge in [-0.3, -0.25) is 0 Å². The van der Waals surface area contributed by atoms with Gasteiger partial charge in [-0.05, 0) is 46.9 Å². The first kappa shape index (κ1) is 10.5. The number of benzene rings is 2. The molecule has 0 saturated carbocycles. The molecule has 0 N–H and O–H groups in total. The van der Waals surface area contributed by atoms with Crippen LogP contribution in [0.2, 0.25) is 5.02 Å². The Labute approximate surface area is 95.9 Å². The van der Waals surface area contributed by atoms with Crippen molar-refractivity contribution in [2.24, 2.45) is 0 Å². The highest BCUT2D eigenvalue weighted by Gasteiger charge is 2.04. The van der Waals surface area contributed by atoms with Crippen LogP contribution in [0.3, 0.4) is 0 Å². The van der Waals surface area contributed by atoms with Crippen molar-refractivity contribution >= 4 is 22.4 Å². The molecule has 0 aromatic heterocycles. The second-order valence-corrected chi connectivity index (χ2v) is 4.79. The van der Waals surface area contributed by atoms with Crippen LogP contribution in [-0.4, -0.2) is 0 Å². The molecule has 0 nitrogen and oxygen atoms in total. The van der Waals surface area contributed by atoms with E-state index in [0.717, 1.165) is 5.02 Å². The molecule has 0 aliphatic rings. The summed E-state index contributed by atoms with van der Waals surface area (Å²) in [5.41, 5.74) is 2.70. The van der Waals surface area contributed by atoms with Crippen LogP contribution in [0.4, 0.5) is 0 Å². The van der Waals surface area contributed by atoms with Gasteiger partial charge in [0.2, 0.25) is 0 Å². The third-order valence-electron chi connectivity index (χ3n) is 2.81. The summed E-state index contributed by atoms with van der Waals surface area (Å²) in [5, 5.41) is 3.35. The van der Waals surface area contributed by atoms with Crippen LogP contribution < -0.4 is 0 Å². The van der Waals surface area contributed by atoms with Crippen molar-refractivity contribution in [2.75, 3.05) is 0 Å². The van der Waals surface area contributed by atoms with Crippen LogP contribution in [0.5, 0.6) is 0 Å². The number of hydrogen-bond acceptors (Lipinski definition) is 0. The van der Waals surface area contributed by atoms with Crippen LogP contribution in [-0.2, 0) is 0 Å². The van der Waals surface area contributed by atoms with E-state index in [0.29, 0.717) is 5.92 Å². The van der Waals surface area contributed by atoms with Gasteiger partial charge in [0.1, 0.15) is 0 Å². The van der Waals surface area contributed by atoms with E-state index in [1.54, 1.807) is 0 Å². The summed E-state index contributed by atoms with van der Waals surface area (Å²) in [6, 6.07) is 10.6. The van der Waals surface area contributed by atoms with E-state index in [1.165, 1.54) is 21.9 Å². The molecule has 2 aromatic carbocycles. The quantitative estimate of drug-likeness (QED) is 0.637. The fraction of sp³-hybridized carbons (Fsp3) is 0.286. The Bertz CT molecular complexity index is 498. The maximum atomic E-state index is 5.99. The van der Waals surface area contributed by atoms with Crippen molar-refractivity contribution in [3.63, 3.8) is 0 Å². The fourth-order valence-corrected chi connectivity index (χ4v) is 2.05. The van der Waals surface area contributed by atoms with Crippen molar-refractivity contribution in [1.82, 2.24) is 0 Å². The fourth-order valence-electron chi connectivity index (χ4n) is 1.88. The smallest absolute Gasteiger partial charge is 0.0412 e. The molecule has 0 spiro atoms. The first-order valence-corrected chi connectivity index (χ1v) is 5.65. The van der Waals surface area contributed by atoms with Crippen molar-refractivity contribution in [1.29, 1.82) is 0 Å². The van der Waals surface area contributed by atoms with Gasteiger partial charge >= 0.3 is 0 Å². The molecule has 0 radical (unpaired) electrons. The predicted molar refractivity (Wildman–Crippen MR) is 67.8 cm³/mol. The maximum Gasteiger partial charge on any atom is 0.0412 e. The summed E-state index contributed by atoms with van der Waals surface area (Å²) in [6.07, 6.45) is 0. The maximum absolute atomic E-state index is 5.99. The normalized spacial score (nSPS) is 11.3. The molecule has 0 bridgehead atoms. The Morgan fingerprint density at radius 2 is 1.80 bits per heavy atom. The Hall–Kier alpha value is -1.01. The zero-order chi connectivity index (χ0) is 11.0. The third-order valence-corrected chi connectivity index (χ3v) is 3.05. The average Bonchev–Trinajstić information content (AvgIpc) is 2.18. The van der Waals surface area contributed by atoms with Gasteiger partial charge in [-0.2, -0.15) is 0 Å². The molecule has 0 amide bonds. The number of fused-ring (bicyclic) bond motifs is 1. The summed E-state index contributed by atoms with van der Waals surface area (Å²) in [7, 11) is 0. The molecule has 0 heterocycles. The summed E-state index contributed by atoms with van der Waals surface area (Å²) in [5.74, 6) is 0.573. The molecule has 78 valence electrons. The van der Waals surface area contributed by atoms with Gasteiger partial charge < -0.3 is 0 Å². The molecule has 2 aromatic rings. The second-order valence-electron chi connectivity index (χ2n) is 4.36. The van der Waals surface area contributed by atoms with Gasteiger partial charge in [-0.1, -0.05) is 43.6 Å². The molecular weight excluding hydrogens is 204 g/mol. The van der Waals surface area contributed by atoms with Gasteiger partial charge in [0.15, 0.2) is 0 Å². The van der Waals surface area contributed by atoms with Crippen molar-refractivity contribution in [3.05, 3.63) is 46.5 Å². The molecule has 0 saturated heterocycles. The zero-order valence-corrected chi connectivity index (χ0v) is 10.1. The molecule has 0 atom stereocenters. The Kier molecular flexibility index (Phi) is 2.70. The molecular formula is C14H15Cl. The molecule has 0 aliphatic carbocycles. The number of hydrogen-bond donors (Lipinski definition) is 0. The number of aryl methyl sites for hydroxylation is 1. The van der Waals surface area contributed by atoms with E-state index in [9.17, 15) is 0 Å². The molecule has 1 heteroatoms. The Balaban J connectivity index is 2.73. The van der Waals surface area contributed by atoms with Gasteiger partial charge in [0.25, 0.3) is 0 Å². The predicted octanol–water partition coefficient (Wildman–Crippen LogP) is 4.93. The minimum absolute atomic E-state index is 0.573. The lowest BCUT2D eigenvalue weighted by atomic mass is 9.96. The van der Waals surface area contributed by atoms with Crippen LogP contribution in [0.15, 0.2) is 30.3 Å². The third kappa shape index (κ3) is 2.00. The lowest BCUT2D eigenvalue weighted by Crippen LogP contribution is -1.89. The van der Waals surface area contributed by atoms with Crippen molar-refractivity contribution in [2.45, 2.75) is 26.7 Å². The highest BCUT2D eigenvalue weighted by molar-refractivity contribution is 6.31. The first-order chi connectivity index (χ1) is 7.08. The van der Waals surface area contributed by atoms with E-state index >= 15 is 0 Å². The largest absolute Gasteiger partial charge is 0.0843 e. The average molecular weight is 219 g/mol. The molecule has 15 heavy (non-hydrogen) atoms. The van der Waals surface area contributed by atoms with Gasteiger partial charge in [-0.25, -0.2) is 0 Å². The molecule has 2 rings (SSSR count). The summed E-state index contributed by atoms with van der Waals surface area (Å²) < 4.78 is 0. The number of halogens is 1. The lowest BCUT2D eigenvalue weighted by molar-refractivity contribution is 0.867. The summed E-state index contributed by atoms with van der Waals surface area (Å²) in [4.78, 5) is 0. The molecule has 0 unspecified atom stereocenters. The van der Waals surface area contributed by atoms with Crippen LogP contribution in [0.1, 0.15) is 30.9 Å². The Morgan fingerprint density at radius 1 is 1.07 bits per heavy atom. The topological polar surface area (TPSA) is 0 Å². The van der Waals surface area contributed by atoms with Gasteiger partial charge in [0.05, 0.1) is 0 Å². The lowest BCUT2D eigenvalue weighted by Gasteiger charge is -2.10. The first-order valence-electron chi connectivity index (χ1n) is 5.28. The minimum Gasteiger partial charge on any atom is -0.0843 e. The summed E-state index contributed by atoms with van der Waals surface area (Å²) >= 11 is 5.99. The van der Waals surface area contributed by atoms with Crippen molar-refractivity contribution < 1.29 is 0 Å². The van der Waals surface area contributed by atoms with E-state index in [1.807, 2.05) is 12.1 Å². The van der Waals surface area contributed by atoms with Crippen LogP contribution >= 0.6 is 11.6 Å². The van der Waals surface area contributed by atoms with E-state index in [-0.39, 0.29) is 0 Å². The van der Waals surface area contributed by atoms with E-state index in [4.69, 9.17) is 11.6 Å². The van der Waals surface area contributed by atoms with Gasteiger partial charge in [-0.15, -0.1) is 0 Å². The monoisotopic (exact) mass is 218 g/mol. The van der Waals surface area contributed by atoms with Gasteiger partial charge in [0, 0.05) is 5.02 Å². The van der Waals surface area contributed by atoms with Crippen LogP contribution in [0.25, 0.3) is 10.8 Å². The highest BCUT2D eigenvalue weighted by atomic mass is 35.5. The van der Waals surface area contributed by atoms with Crippen LogP contribution in [0, 0.1) is 6.92 Å². The zero-order valence-electron chi connectivity index (χ0n) is 9.34. The van der Waals surface area contributed by atoms with Crippen molar-refractivity contribution in [3.8, 4) is 0 Å². The second kappa shape index (κ2) is 3.86. The SMILES string of the molecule is Cc1cc(C(C)C)cc2ccc(Cl)cc12. The Morgan fingerprint density at radius 3 is 2.47 bits per heavy atom. The molecule has 0 aliphatic heterocycles. The highest BCUT2D eigenvalue weighted by Crippen LogP contribution is 2.27. The van der Waals surface area contributed by atoms with E-state index in [2.05, 4.69) is 39.0 Å². The minimum atomic E-state index is 0.573. The van der Waals surface area contributed by atoms with E-state index < -0.39 is 0 Å². The molecule has 0 fully saturated rings. The number of rotatable bonds is 1. The summed E-state index contributed by atoms with van der Waals surface area (Å²) in [6.45, 7) is 6.58. The standard InChI is InChI=1S/C14H15Cl/c1-9(2)12-6-10(3)14-8-13(15)5-4-11(14)7-12/h4-9H,1-3H3.